The fourth-order valence-corrected chi connectivity index (χ4v) is 4.91. The van der Waals surface area contributed by atoms with E-state index in [-0.39, 0.29) is 11.6 Å². The van der Waals surface area contributed by atoms with Gasteiger partial charge in [0, 0.05) is 61.4 Å². The quantitative estimate of drug-likeness (QED) is 0.819. The molecule has 6 heteroatoms. The highest BCUT2D eigenvalue weighted by molar-refractivity contribution is 5.93. The molecule has 6 nitrogen and oxygen atoms in total. The van der Waals surface area contributed by atoms with Gasteiger partial charge in [-0.25, -0.2) is 4.79 Å². The lowest BCUT2D eigenvalue weighted by molar-refractivity contribution is 0.254. The molecule has 5 rings (SSSR count). The maximum absolute atomic E-state index is 12.6. The number of carbonyl (C=O) groups is 1. The number of fused-ring (bicyclic) bond motifs is 1. The van der Waals surface area contributed by atoms with Gasteiger partial charge >= 0.3 is 6.03 Å². The second-order valence-electron chi connectivity index (χ2n) is 8.88. The Bertz CT molecular complexity index is 1100. The van der Waals surface area contributed by atoms with Crippen molar-refractivity contribution in [2.75, 3.05) is 30.4 Å². The van der Waals surface area contributed by atoms with E-state index in [4.69, 9.17) is 0 Å². The molecule has 2 fully saturated rings. The van der Waals surface area contributed by atoms with Gasteiger partial charge in [0.15, 0.2) is 0 Å². The Kier molecular flexibility index (Phi) is 4.45. The molecule has 2 heterocycles. The molecule has 1 aromatic heterocycles. The number of hydrogen-bond acceptors (Lipinski definition) is 3. The van der Waals surface area contributed by atoms with Gasteiger partial charge in [-0.05, 0) is 61.3 Å². The molecule has 3 aliphatic rings. The number of benzene rings is 1. The summed E-state index contributed by atoms with van der Waals surface area (Å²) in [5.74, 6) is 0. The number of amides is 2. The molecule has 1 aliphatic heterocycles. The molecule has 30 heavy (non-hydrogen) atoms. The van der Waals surface area contributed by atoms with Crippen LogP contribution in [0.1, 0.15) is 36.8 Å². The van der Waals surface area contributed by atoms with E-state index < -0.39 is 0 Å². The predicted octanol–water partition coefficient (Wildman–Crippen LogP) is 3.75. The minimum atomic E-state index is -0.243. The van der Waals surface area contributed by atoms with Crippen LogP contribution in [0.25, 0.3) is 17.2 Å². The number of aryl methyl sites for hydroxylation is 1. The number of hydrogen-bond donors (Lipinski definition) is 2. The van der Waals surface area contributed by atoms with Crippen LogP contribution < -0.4 is 21.1 Å². The first-order valence-electron chi connectivity index (χ1n) is 10.8. The third-order valence-corrected chi connectivity index (χ3v) is 7.02. The lowest BCUT2D eigenvalue weighted by Gasteiger charge is -2.35. The van der Waals surface area contributed by atoms with Gasteiger partial charge in [-0.3, -0.25) is 4.79 Å². The van der Waals surface area contributed by atoms with E-state index in [0.717, 1.165) is 41.0 Å². The van der Waals surface area contributed by atoms with E-state index >= 15 is 0 Å². The highest BCUT2D eigenvalue weighted by atomic mass is 16.2. The number of allylic oxidation sites excluding steroid dienone is 1. The van der Waals surface area contributed by atoms with Crippen molar-refractivity contribution in [2.45, 2.75) is 32.1 Å². The van der Waals surface area contributed by atoms with Crippen LogP contribution in [0.4, 0.5) is 16.2 Å². The number of carbonyl (C=O) groups excluding carboxylic acids is 1. The Balaban J connectivity index is 1.61. The highest BCUT2D eigenvalue weighted by Crippen LogP contribution is 2.54. The minimum absolute atomic E-state index is 0.0635. The first-order chi connectivity index (χ1) is 14.5. The Morgan fingerprint density at radius 2 is 1.87 bits per heavy atom. The van der Waals surface area contributed by atoms with E-state index in [0.29, 0.717) is 11.8 Å². The molecule has 0 unspecified atom stereocenters. The van der Waals surface area contributed by atoms with E-state index in [1.165, 1.54) is 31.4 Å². The van der Waals surface area contributed by atoms with Gasteiger partial charge in [-0.15, -0.1) is 0 Å². The van der Waals surface area contributed by atoms with Crippen molar-refractivity contribution < 1.29 is 4.79 Å². The fourth-order valence-electron chi connectivity index (χ4n) is 4.91. The summed E-state index contributed by atoms with van der Waals surface area (Å²) in [6, 6.07) is 5.88. The third-order valence-electron chi connectivity index (χ3n) is 7.02. The van der Waals surface area contributed by atoms with E-state index in [2.05, 4.69) is 33.8 Å². The zero-order valence-electron chi connectivity index (χ0n) is 17.6. The second kappa shape index (κ2) is 7.04. The fraction of sp³-hybridized carbons (Fsp3) is 0.417. The maximum atomic E-state index is 12.6. The zero-order valence-corrected chi connectivity index (χ0v) is 17.6. The van der Waals surface area contributed by atoms with Gasteiger partial charge in [0.2, 0.25) is 0 Å². The molecule has 1 aromatic carbocycles. The molecule has 0 radical (unpaired) electrons. The zero-order chi connectivity index (χ0) is 20.9. The topological polar surface area (TPSA) is 66.4 Å². The van der Waals surface area contributed by atoms with Crippen LogP contribution >= 0.6 is 0 Å². The second-order valence-corrected chi connectivity index (χ2v) is 8.88. The molecule has 1 saturated heterocycles. The van der Waals surface area contributed by atoms with Crippen LogP contribution in [0.3, 0.4) is 0 Å². The largest absolute Gasteiger partial charge is 0.371 e. The van der Waals surface area contributed by atoms with Gasteiger partial charge in [-0.2, -0.15) is 0 Å². The van der Waals surface area contributed by atoms with Crippen LogP contribution in [-0.4, -0.2) is 30.7 Å². The number of rotatable bonds is 3. The number of aromatic nitrogens is 1. The van der Waals surface area contributed by atoms with E-state index in [1.807, 2.05) is 25.4 Å². The maximum Gasteiger partial charge on any atom is 0.318 e. The Morgan fingerprint density at radius 3 is 2.57 bits per heavy atom. The molecule has 156 valence electrons. The Hall–Kier alpha value is -3.02. The molecule has 0 atom stereocenters. The van der Waals surface area contributed by atoms with Crippen molar-refractivity contribution in [3.63, 3.8) is 0 Å². The van der Waals surface area contributed by atoms with Crippen molar-refractivity contribution in [3.05, 3.63) is 52.0 Å². The normalized spacial score (nSPS) is 18.4. The number of urea groups is 1. The molecule has 2 aromatic rings. The van der Waals surface area contributed by atoms with Crippen molar-refractivity contribution in [3.8, 4) is 11.1 Å². The van der Waals surface area contributed by atoms with Gasteiger partial charge < -0.3 is 20.1 Å². The number of pyridine rings is 1. The average Bonchev–Trinajstić information content (AvgIpc) is 3.32. The van der Waals surface area contributed by atoms with Gasteiger partial charge in [-0.1, -0.05) is 12.2 Å². The van der Waals surface area contributed by atoms with Gasteiger partial charge in [0.25, 0.3) is 5.56 Å². The summed E-state index contributed by atoms with van der Waals surface area (Å²) in [6.07, 6.45) is 12.0. The van der Waals surface area contributed by atoms with E-state index in [1.54, 1.807) is 11.6 Å². The number of nitrogens with zero attached hydrogens (tertiary/aromatic N) is 2. The van der Waals surface area contributed by atoms with Crippen LogP contribution in [-0.2, 0) is 13.5 Å². The van der Waals surface area contributed by atoms with E-state index in [9.17, 15) is 9.59 Å². The summed E-state index contributed by atoms with van der Waals surface area (Å²) in [5.41, 5.74) is 6.55. The van der Waals surface area contributed by atoms with Crippen LogP contribution in [0, 0.1) is 5.41 Å². The molecular weight excluding hydrogens is 376 g/mol. The Labute approximate surface area is 176 Å². The van der Waals surface area contributed by atoms with Crippen LogP contribution in [0.2, 0.25) is 0 Å². The third kappa shape index (κ3) is 3.20. The SMILES string of the molecule is CNC(=O)Nc1ccc(N2CCC3(CC2)CC3)c(-c2cn(C)c(=O)c3c2C=CC3)c1. The standard InChI is InChI=1S/C24H28N4O2/c1-25-23(30)26-16-6-7-21(28-12-10-24(8-9-24)11-13-28)19(14-16)20-15-27(2)22(29)18-5-3-4-17(18)20/h3-4,6-7,14-15H,5,8-13H2,1-2H3,(H2,25,26,30). The molecule has 2 N–H and O–H groups in total. The van der Waals surface area contributed by atoms with Crippen molar-refractivity contribution in [1.29, 1.82) is 0 Å². The summed E-state index contributed by atoms with van der Waals surface area (Å²) in [5, 5.41) is 5.50. The molecule has 2 amide bonds. The van der Waals surface area contributed by atoms with Crippen LogP contribution in [0.15, 0.2) is 35.3 Å². The smallest absolute Gasteiger partial charge is 0.318 e. The number of piperidine rings is 1. The number of nitrogens with one attached hydrogen (secondary N) is 2. The minimum Gasteiger partial charge on any atom is -0.371 e. The first kappa shape index (κ1) is 19.0. The number of anilines is 2. The lowest BCUT2D eigenvalue weighted by Crippen LogP contribution is -2.34. The van der Waals surface area contributed by atoms with Gasteiger partial charge in [0.1, 0.15) is 0 Å². The summed E-state index contributed by atoms with van der Waals surface area (Å²) in [7, 11) is 3.42. The van der Waals surface area contributed by atoms with Crippen molar-refractivity contribution in [2.24, 2.45) is 12.5 Å². The lowest BCUT2D eigenvalue weighted by atomic mass is 9.91. The molecule has 0 bridgehead atoms. The van der Waals surface area contributed by atoms with Gasteiger partial charge in [0.05, 0.1) is 0 Å². The molecule has 2 aliphatic carbocycles. The van der Waals surface area contributed by atoms with Crippen LogP contribution in [0.5, 0.6) is 0 Å². The average molecular weight is 405 g/mol. The highest BCUT2D eigenvalue weighted by Gasteiger charge is 2.44. The Morgan fingerprint density at radius 1 is 1.10 bits per heavy atom. The summed E-state index contributed by atoms with van der Waals surface area (Å²) >= 11 is 0. The molecule has 1 saturated carbocycles. The monoisotopic (exact) mass is 404 g/mol. The summed E-state index contributed by atoms with van der Waals surface area (Å²) in [6.45, 7) is 2.11. The summed E-state index contributed by atoms with van der Waals surface area (Å²) in [4.78, 5) is 27.0. The predicted molar refractivity (Wildman–Crippen MR) is 121 cm³/mol. The molecular formula is C24H28N4O2. The molecule has 1 spiro atoms. The van der Waals surface area contributed by atoms with Crippen molar-refractivity contribution in [1.82, 2.24) is 9.88 Å². The summed E-state index contributed by atoms with van der Waals surface area (Å²) < 4.78 is 1.68. The first-order valence-corrected chi connectivity index (χ1v) is 10.8. The van der Waals surface area contributed by atoms with Crippen molar-refractivity contribution >= 4 is 23.5 Å².